The Morgan fingerprint density at radius 1 is 1.25 bits per heavy atom. The van der Waals surface area contributed by atoms with Crippen LogP contribution in [-0.4, -0.2) is 41.8 Å². The molecule has 5 aliphatic rings. The molecule has 4 fully saturated rings. The standard InChI is InChI=1S/C24H31NO3/c1-15-6-5-10-23(2)12-19-20(21-24(15,23)28-21)18(22(26)27-19)14-25-11-9-16-7-3-4-8-17(16)13-25/h3-4,7-8,15,18-21H,5-6,9-14H2,1-2H3. The van der Waals surface area contributed by atoms with Crippen molar-refractivity contribution in [1.29, 1.82) is 0 Å². The lowest BCUT2D eigenvalue weighted by molar-refractivity contribution is -0.146. The zero-order chi connectivity index (χ0) is 19.1. The molecule has 2 aliphatic carbocycles. The average Bonchev–Trinajstić information content (AvgIpc) is 3.37. The van der Waals surface area contributed by atoms with E-state index < -0.39 is 0 Å². The summed E-state index contributed by atoms with van der Waals surface area (Å²) in [5, 5.41) is 0. The number of carbonyl (C=O) groups is 1. The van der Waals surface area contributed by atoms with Gasteiger partial charge in [0.2, 0.25) is 0 Å². The quantitative estimate of drug-likeness (QED) is 0.580. The maximum atomic E-state index is 12.9. The highest BCUT2D eigenvalue weighted by molar-refractivity contribution is 5.76. The second-order valence-corrected chi connectivity index (χ2v) is 10.3. The zero-order valence-corrected chi connectivity index (χ0v) is 17.0. The molecule has 6 rings (SSSR count). The first-order valence-corrected chi connectivity index (χ1v) is 11.2. The first-order valence-electron chi connectivity index (χ1n) is 11.2. The van der Waals surface area contributed by atoms with E-state index in [1.54, 1.807) is 0 Å². The molecule has 0 bridgehead atoms. The number of fused-ring (bicyclic) bond motifs is 3. The summed E-state index contributed by atoms with van der Waals surface area (Å²) in [6.45, 7) is 7.55. The molecule has 1 aromatic carbocycles. The van der Waals surface area contributed by atoms with E-state index in [9.17, 15) is 4.79 Å². The van der Waals surface area contributed by atoms with Crippen molar-refractivity contribution in [3.63, 3.8) is 0 Å². The molecule has 3 heterocycles. The third-order valence-electron chi connectivity index (χ3n) is 8.86. The van der Waals surface area contributed by atoms with Crippen LogP contribution in [0.5, 0.6) is 0 Å². The van der Waals surface area contributed by atoms with E-state index in [0.29, 0.717) is 5.92 Å². The first kappa shape index (κ1) is 17.5. The second-order valence-electron chi connectivity index (χ2n) is 10.3. The summed E-state index contributed by atoms with van der Waals surface area (Å²) in [6.07, 6.45) is 6.09. The topological polar surface area (TPSA) is 42.1 Å². The van der Waals surface area contributed by atoms with Gasteiger partial charge in [-0.1, -0.05) is 44.5 Å². The predicted octanol–water partition coefficient (Wildman–Crippen LogP) is 3.57. The lowest BCUT2D eigenvalue weighted by atomic mass is 9.53. The number of carbonyl (C=O) groups excluding carboxylic acids is 1. The Balaban J connectivity index is 1.24. The Bertz CT molecular complexity index is 824. The summed E-state index contributed by atoms with van der Waals surface area (Å²) in [5.74, 6) is 0.835. The van der Waals surface area contributed by atoms with Gasteiger partial charge in [0, 0.05) is 31.0 Å². The Kier molecular flexibility index (Phi) is 3.63. The van der Waals surface area contributed by atoms with Crippen molar-refractivity contribution < 1.29 is 14.3 Å². The van der Waals surface area contributed by atoms with E-state index in [4.69, 9.17) is 9.47 Å². The van der Waals surface area contributed by atoms with Gasteiger partial charge in [0.15, 0.2) is 0 Å². The van der Waals surface area contributed by atoms with Crippen LogP contribution in [0.3, 0.4) is 0 Å². The van der Waals surface area contributed by atoms with Crippen LogP contribution in [-0.2, 0) is 27.2 Å². The molecule has 4 heteroatoms. The molecule has 7 unspecified atom stereocenters. The lowest BCUT2D eigenvalue weighted by Crippen LogP contribution is -2.54. The van der Waals surface area contributed by atoms with Crippen molar-refractivity contribution >= 4 is 5.97 Å². The number of hydrogen-bond donors (Lipinski definition) is 0. The third-order valence-corrected chi connectivity index (χ3v) is 8.86. The van der Waals surface area contributed by atoms with Crippen LogP contribution in [0.25, 0.3) is 0 Å². The molecule has 0 amide bonds. The largest absolute Gasteiger partial charge is 0.462 e. The Hall–Kier alpha value is -1.39. The van der Waals surface area contributed by atoms with Crippen molar-refractivity contribution in [1.82, 2.24) is 4.90 Å². The maximum absolute atomic E-state index is 12.9. The van der Waals surface area contributed by atoms with Gasteiger partial charge in [-0.05, 0) is 42.7 Å². The summed E-state index contributed by atoms with van der Waals surface area (Å²) in [4.78, 5) is 15.4. The number of esters is 1. The molecule has 1 spiro atoms. The van der Waals surface area contributed by atoms with Gasteiger partial charge < -0.3 is 9.47 Å². The van der Waals surface area contributed by atoms with Gasteiger partial charge >= 0.3 is 5.97 Å². The van der Waals surface area contributed by atoms with E-state index >= 15 is 0 Å². The van der Waals surface area contributed by atoms with Gasteiger partial charge in [0.05, 0.1) is 12.0 Å². The van der Waals surface area contributed by atoms with Crippen molar-refractivity contribution in [2.45, 2.75) is 70.3 Å². The Morgan fingerprint density at radius 2 is 2.07 bits per heavy atom. The molecule has 2 saturated carbocycles. The number of ether oxygens (including phenoxy) is 2. The summed E-state index contributed by atoms with van der Waals surface area (Å²) in [7, 11) is 0. The summed E-state index contributed by atoms with van der Waals surface area (Å²) >= 11 is 0. The molecule has 28 heavy (non-hydrogen) atoms. The highest BCUT2D eigenvalue weighted by Gasteiger charge is 2.78. The first-order chi connectivity index (χ1) is 13.5. The fraction of sp³-hybridized carbons (Fsp3) is 0.708. The van der Waals surface area contributed by atoms with Crippen LogP contribution < -0.4 is 0 Å². The van der Waals surface area contributed by atoms with Gasteiger partial charge in [-0.3, -0.25) is 9.69 Å². The summed E-state index contributed by atoms with van der Waals surface area (Å²) < 4.78 is 12.6. The SMILES string of the molecule is CC1CCCC2(C)CC3OC(=O)C(CN4CCc5ccccc5C4)C3C3OC132. The lowest BCUT2D eigenvalue weighted by Gasteiger charge is -2.49. The average molecular weight is 382 g/mol. The maximum Gasteiger partial charge on any atom is 0.311 e. The normalized spacial score (nSPS) is 46.8. The monoisotopic (exact) mass is 381 g/mol. The molecule has 0 aromatic heterocycles. The fourth-order valence-corrected chi connectivity index (χ4v) is 7.43. The molecule has 150 valence electrons. The highest BCUT2D eigenvalue weighted by atomic mass is 16.6. The fourth-order valence-electron chi connectivity index (χ4n) is 7.43. The number of hydrogen-bond acceptors (Lipinski definition) is 4. The number of epoxide rings is 1. The molecular weight excluding hydrogens is 350 g/mol. The van der Waals surface area contributed by atoms with Crippen LogP contribution in [0.4, 0.5) is 0 Å². The molecule has 7 atom stereocenters. The van der Waals surface area contributed by atoms with Gasteiger partial charge in [-0.2, -0.15) is 0 Å². The van der Waals surface area contributed by atoms with Crippen LogP contribution >= 0.6 is 0 Å². The predicted molar refractivity (Wildman–Crippen MR) is 106 cm³/mol. The van der Waals surface area contributed by atoms with E-state index in [2.05, 4.69) is 43.0 Å². The number of benzene rings is 1. The van der Waals surface area contributed by atoms with Crippen LogP contribution in [0.2, 0.25) is 0 Å². The molecule has 4 nitrogen and oxygen atoms in total. The van der Waals surface area contributed by atoms with Crippen LogP contribution in [0.15, 0.2) is 24.3 Å². The molecule has 0 N–H and O–H groups in total. The van der Waals surface area contributed by atoms with Gasteiger partial charge in [-0.15, -0.1) is 0 Å². The van der Waals surface area contributed by atoms with Crippen molar-refractivity contribution in [3.05, 3.63) is 35.4 Å². The second kappa shape index (κ2) is 5.82. The van der Waals surface area contributed by atoms with Crippen molar-refractivity contribution in [2.75, 3.05) is 13.1 Å². The minimum Gasteiger partial charge on any atom is -0.462 e. The highest BCUT2D eigenvalue weighted by Crippen LogP contribution is 2.70. The minimum absolute atomic E-state index is 0.00709. The molecule has 1 aromatic rings. The van der Waals surface area contributed by atoms with Gasteiger partial charge in [0.25, 0.3) is 0 Å². The van der Waals surface area contributed by atoms with Crippen molar-refractivity contribution in [3.8, 4) is 0 Å². The molecule has 2 saturated heterocycles. The number of nitrogens with zero attached hydrogens (tertiary/aromatic N) is 1. The molecular formula is C24H31NO3. The molecule has 0 radical (unpaired) electrons. The van der Waals surface area contributed by atoms with Crippen LogP contribution in [0, 0.1) is 23.2 Å². The van der Waals surface area contributed by atoms with Gasteiger partial charge in [0.1, 0.15) is 11.7 Å². The smallest absolute Gasteiger partial charge is 0.311 e. The summed E-state index contributed by atoms with van der Waals surface area (Å²) in [5.41, 5.74) is 3.05. The van der Waals surface area contributed by atoms with Crippen molar-refractivity contribution in [2.24, 2.45) is 23.2 Å². The number of rotatable bonds is 2. The Morgan fingerprint density at radius 3 is 2.93 bits per heavy atom. The van der Waals surface area contributed by atoms with E-state index in [1.165, 1.54) is 30.4 Å². The van der Waals surface area contributed by atoms with Gasteiger partial charge in [-0.25, -0.2) is 0 Å². The van der Waals surface area contributed by atoms with Crippen LogP contribution in [0.1, 0.15) is 50.7 Å². The summed E-state index contributed by atoms with van der Waals surface area (Å²) in [6, 6.07) is 8.71. The zero-order valence-electron chi connectivity index (χ0n) is 17.0. The van der Waals surface area contributed by atoms with E-state index in [1.807, 2.05) is 0 Å². The Labute approximate surface area is 167 Å². The molecule has 3 aliphatic heterocycles. The van der Waals surface area contributed by atoms with E-state index in [0.717, 1.165) is 32.5 Å². The third kappa shape index (κ3) is 2.22. The van der Waals surface area contributed by atoms with E-state index in [-0.39, 0.29) is 41.0 Å². The minimum atomic E-state index is -0.0293.